The van der Waals surface area contributed by atoms with Crippen molar-refractivity contribution in [2.45, 2.75) is 34.1 Å². The summed E-state index contributed by atoms with van der Waals surface area (Å²) in [5, 5.41) is 19.9. The average molecular weight is 233 g/mol. The van der Waals surface area contributed by atoms with E-state index in [1.54, 1.807) is 27.7 Å². The highest BCUT2D eigenvalue weighted by Gasteiger charge is 2.24. The smallest absolute Gasteiger partial charge is 0.260 e. The molecule has 0 atom stereocenters. The molecule has 1 heterocycles. The molecule has 1 rings (SSSR count). The molecule has 1 aromatic heterocycles. The molecule has 0 fully saturated rings. The molecule has 17 heavy (non-hydrogen) atoms. The summed E-state index contributed by atoms with van der Waals surface area (Å²) in [4.78, 5) is 14.7. The SMILES string of the molecule is Cc1cnc(CC(C)(C)C#N)c(C)c1[N+](=O)[O-]. The zero-order chi connectivity index (χ0) is 13.2. The highest BCUT2D eigenvalue weighted by molar-refractivity contribution is 5.47. The van der Waals surface area contributed by atoms with E-state index >= 15 is 0 Å². The Morgan fingerprint density at radius 3 is 2.59 bits per heavy atom. The summed E-state index contributed by atoms with van der Waals surface area (Å²) in [6.45, 7) is 6.93. The number of hydrogen-bond acceptors (Lipinski definition) is 4. The van der Waals surface area contributed by atoms with Crippen LogP contribution in [-0.4, -0.2) is 9.91 Å². The molecule has 0 unspecified atom stereocenters. The number of nitriles is 1. The summed E-state index contributed by atoms with van der Waals surface area (Å²) in [6.07, 6.45) is 1.91. The highest BCUT2D eigenvalue weighted by Crippen LogP contribution is 2.28. The first-order valence-electron chi connectivity index (χ1n) is 5.29. The number of aryl methyl sites for hydroxylation is 1. The minimum absolute atomic E-state index is 0.101. The van der Waals surface area contributed by atoms with Gasteiger partial charge in [0, 0.05) is 23.7 Å². The lowest BCUT2D eigenvalue weighted by Gasteiger charge is -2.16. The van der Waals surface area contributed by atoms with Gasteiger partial charge in [0.05, 0.1) is 22.1 Å². The molecule has 0 bridgehead atoms. The van der Waals surface area contributed by atoms with Gasteiger partial charge in [0.2, 0.25) is 0 Å². The van der Waals surface area contributed by atoms with Crippen LogP contribution in [0.1, 0.15) is 30.7 Å². The second-order valence-corrected chi connectivity index (χ2v) is 4.79. The van der Waals surface area contributed by atoms with Crippen molar-refractivity contribution in [2.24, 2.45) is 5.41 Å². The summed E-state index contributed by atoms with van der Waals surface area (Å²) in [7, 11) is 0. The quantitative estimate of drug-likeness (QED) is 0.593. The molecule has 0 aliphatic carbocycles. The van der Waals surface area contributed by atoms with E-state index in [0.29, 0.717) is 23.2 Å². The fourth-order valence-electron chi connectivity index (χ4n) is 1.68. The van der Waals surface area contributed by atoms with Crippen molar-refractivity contribution in [3.05, 3.63) is 33.1 Å². The van der Waals surface area contributed by atoms with Crippen LogP contribution in [-0.2, 0) is 6.42 Å². The van der Waals surface area contributed by atoms with Gasteiger partial charge in [-0.25, -0.2) is 0 Å². The Bertz CT molecular complexity index is 501. The molecule has 0 saturated heterocycles. The van der Waals surface area contributed by atoms with E-state index in [4.69, 9.17) is 5.26 Å². The molecule has 0 spiro atoms. The lowest BCUT2D eigenvalue weighted by atomic mass is 9.88. The third-order valence-corrected chi connectivity index (χ3v) is 2.67. The van der Waals surface area contributed by atoms with E-state index in [9.17, 15) is 10.1 Å². The standard InChI is InChI=1S/C12H15N3O2/c1-8-6-14-10(5-12(3,4)7-13)9(2)11(8)15(16)17/h6H,5H2,1-4H3. The Morgan fingerprint density at radius 2 is 2.12 bits per heavy atom. The summed E-state index contributed by atoms with van der Waals surface area (Å²) < 4.78 is 0. The summed E-state index contributed by atoms with van der Waals surface area (Å²) in [6, 6.07) is 2.17. The van der Waals surface area contributed by atoms with Gasteiger partial charge in [0.25, 0.3) is 5.69 Å². The molecule has 0 N–H and O–H groups in total. The molecule has 0 aromatic carbocycles. The van der Waals surface area contributed by atoms with E-state index in [-0.39, 0.29) is 5.69 Å². The Morgan fingerprint density at radius 1 is 1.53 bits per heavy atom. The Hall–Kier alpha value is -1.96. The van der Waals surface area contributed by atoms with Crippen LogP contribution in [0.15, 0.2) is 6.20 Å². The number of aromatic nitrogens is 1. The molecular formula is C12H15N3O2. The minimum Gasteiger partial charge on any atom is -0.260 e. The number of rotatable bonds is 3. The predicted molar refractivity (Wildman–Crippen MR) is 63.5 cm³/mol. The van der Waals surface area contributed by atoms with Crippen LogP contribution < -0.4 is 0 Å². The summed E-state index contributed by atoms with van der Waals surface area (Å²) in [5.74, 6) is 0. The fraction of sp³-hybridized carbons (Fsp3) is 0.500. The van der Waals surface area contributed by atoms with Crippen molar-refractivity contribution in [3.63, 3.8) is 0 Å². The maximum absolute atomic E-state index is 10.9. The third-order valence-electron chi connectivity index (χ3n) is 2.67. The first-order valence-corrected chi connectivity index (χ1v) is 5.29. The van der Waals surface area contributed by atoms with Gasteiger partial charge in [-0.05, 0) is 27.7 Å². The number of pyridine rings is 1. The fourth-order valence-corrected chi connectivity index (χ4v) is 1.68. The maximum atomic E-state index is 10.9. The van der Waals surface area contributed by atoms with Gasteiger partial charge >= 0.3 is 0 Å². The number of nitro groups is 1. The van der Waals surface area contributed by atoms with Crippen LogP contribution in [0.3, 0.4) is 0 Å². The van der Waals surface area contributed by atoms with Gasteiger partial charge in [0.1, 0.15) is 0 Å². The van der Waals surface area contributed by atoms with Crippen LogP contribution in [0.4, 0.5) is 5.69 Å². The van der Waals surface area contributed by atoms with Crippen LogP contribution in [0, 0.1) is 40.7 Å². The monoisotopic (exact) mass is 233 g/mol. The molecule has 0 aliphatic rings. The molecule has 0 amide bonds. The molecule has 0 radical (unpaired) electrons. The largest absolute Gasteiger partial charge is 0.278 e. The zero-order valence-electron chi connectivity index (χ0n) is 10.4. The van der Waals surface area contributed by atoms with Gasteiger partial charge in [-0.3, -0.25) is 15.1 Å². The van der Waals surface area contributed by atoms with Crippen LogP contribution in [0.25, 0.3) is 0 Å². The third kappa shape index (κ3) is 2.78. The van der Waals surface area contributed by atoms with E-state index in [2.05, 4.69) is 11.1 Å². The van der Waals surface area contributed by atoms with E-state index in [1.807, 2.05) is 0 Å². The van der Waals surface area contributed by atoms with Crippen molar-refractivity contribution in [1.82, 2.24) is 4.98 Å². The van der Waals surface area contributed by atoms with Crippen molar-refractivity contribution in [2.75, 3.05) is 0 Å². The molecule has 0 aliphatic heterocycles. The van der Waals surface area contributed by atoms with Gasteiger partial charge in [0.15, 0.2) is 0 Å². The topological polar surface area (TPSA) is 79.8 Å². The Balaban J connectivity index is 3.26. The van der Waals surface area contributed by atoms with E-state index in [0.717, 1.165) is 0 Å². The molecule has 1 aromatic rings. The van der Waals surface area contributed by atoms with Crippen molar-refractivity contribution < 1.29 is 4.92 Å². The molecule has 90 valence electrons. The molecule has 0 saturated carbocycles. The summed E-state index contributed by atoms with van der Waals surface area (Å²) in [5.41, 5.74) is 1.25. The van der Waals surface area contributed by atoms with Crippen molar-refractivity contribution in [3.8, 4) is 6.07 Å². The van der Waals surface area contributed by atoms with E-state index in [1.165, 1.54) is 6.20 Å². The van der Waals surface area contributed by atoms with Crippen molar-refractivity contribution in [1.29, 1.82) is 5.26 Å². The number of nitrogens with zero attached hydrogens (tertiary/aromatic N) is 3. The number of hydrogen-bond donors (Lipinski definition) is 0. The highest BCUT2D eigenvalue weighted by atomic mass is 16.6. The van der Waals surface area contributed by atoms with Gasteiger partial charge in [-0.1, -0.05) is 0 Å². The second kappa shape index (κ2) is 4.50. The minimum atomic E-state index is -0.569. The molecule has 5 heteroatoms. The average Bonchev–Trinajstić information content (AvgIpc) is 2.22. The second-order valence-electron chi connectivity index (χ2n) is 4.79. The molecule has 5 nitrogen and oxygen atoms in total. The van der Waals surface area contributed by atoms with Crippen molar-refractivity contribution >= 4 is 5.69 Å². The first-order chi connectivity index (χ1) is 7.78. The van der Waals surface area contributed by atoms with Crippen LogP contribution >= 0.6 is 0 Å². The first kappa shape index (κ1) is 13.1. The van der Waals surface area contributed by atoms with Crippen LogP contribution in [0.2, 0.25) is 0 Å². The normalized spacial score (nSPS) is 11.0. The predicted octanol–water partition coefficient (Wildman–Crippen LogP) is 2.70. The lowest BCUT2D eigenvalue weighted by Crippen LogP contribution is -2.15. The van der Waals surface area contributed by atoms with Gasteiger partial charge < -0.3 is 0 Å². The van der Waals surface area contributed by atoms with Gasteiger partial charge in [-0.15, -0.1) is 0 Å². The zero-order valence-corrected chi connectivity index (χ0v) is 10.4. The summed E-state index contributed by atoms with van der Waals surface area (Å²) >= 11 is 0. The van der Waals surface area contributed by atoms with Crippen LogP contribution in [0.5, 0.6) is 0 Å². The molecular weight excluding hydrogens is 218 g/mol. The Labute approximate surface area is 100 Å². The van der Waals surface area contributed by atoms with E-state index < -0.39 is 10.3 Å². The Kier molecular flexibility index (Phi) is 3.47. The maximum Gasteiger partial charge on any atom is 0.278 e. The van der Waals surface area contributed by atoms with Gasteiger partial charge in [-0.2, -0.15) is 5.26 Å². The lowest BCUT2D eigenvalue weighted by molar-refractivity contribution is -0.386.